The molecule has 0 aliphatic heterocycles. The molecule has 0 saturated carbocycles. The third kappa shape index (κ3) is 3.84. The van der Waals surface area contributed by atoms with Crippen LogP contribution in [-0.4, -0.2) is 48.9 Å². The second kappa shape index (κ2) is 6.43. The van der Waals surface area contributed by atoms with Gasteiger partial charge in [-0.15, -0.1) is 0 Å². The molecule has 0 spiro atoms. The van der Waals surface area contributed by atoms with Gasteiger partial charge < -0.3 is 14.2 Å². The van der Waals surface area contributed by atoms with Crippen molar-refractivity contribution in [2.75, 3.05) is 28.2 Å². The number of rotatable bonds is 3. The molecule has 0 unspecified atom stereocenters. The van der Waals surface area contributed by atoms with Crippen LogP contribution < -0.4 is 0 Å². The summed E-state index contributed by atoms with van der Waals surface area (Å²) >= 11 is 0. The van der Waals surface area contributed by atoms with Crippen LogP contribution in [0.25, 0.3) is 11.5 Å². The van der Waals surface area contributed by atoms with E-state index in [0.29, 0.717) is 12.4 Å². The topological polar surface area (TPSA) is 44.9 Å². The lowest BCUT2D eigenvalue weighted by Gasteiger charge is -2.22. The number of hydrogen-bond acceptors (Lipinski definition) is 3. The average Bonchev–Trinajstić information content (AvgIpc) is 2.87. The fraction of sp³-hybridized carbons (Fsp3) is 0.375. The van der Waals surface area contributed by atoms with Gasteiger partial charge in [0.15, 0.2) is 5.96 Å². The van der Waals surface area contributed by atoms with Crippen LogP contribution in [0.3, 0.4) is 0 Å². The smallest absolute Gasteiger partial charge is 0.226 e. The van der Waals surface area contributed by atoms with Gasteiger partial charge in [0, 0.05) is 33.8 Å². The van der Waals surface area contributed by atoms with Crippen molar-refractivity contribution in [2.24, 2.45) is 4.99 Å². The lowest BCUT2D eigenvalue weighted by Crippen LogP contribution is -2.35. The maximum atomic E-state index is 5.54. The van der Waals surface area contributed by atoms with Crippen molar-refractivity contribution in [3.05, 3.63) is 41.8 Å². The van der Waals surface area contributed by atoms with Gasteiger partial charge in [-0.3, -0.25) is 0 Å². The summed E-state index contributed by atoms with van der Waals surface area (Å²) < 4.78 is 5.54. The molecule has 21 heavy (non-hydrogen) atoms. The third-order valence-electron chi connectivity index (χ3n) is 3.03. The Kier molecular flexibility index (Phi) is 4.62. The van der Waals surface area contributed by atoms with Crippen molar-refractivity contribution < 1.29 is 4.42 Å². The standard InChI is InChI=1S/C16H22N4O/c1-12-6-8-13(9-7-12)15-18-14(11-21-15)10-17-16(19(2)3)20(4)5/h6-9,11H,10H2,1-5H3. The molecule has 2 rings (SSSR count). The summed E-state index contributed by atoms with van der Waals surface area (Å²) in [7, 11) is 7.89. The van der Waals surface area contributed by atoms with Crippen LogP contribution >= 0.6 is 0 Å². The van der Waals surface area contributed by atoms with E-state index >= 15 is 0 Å². The molecular weight excluding hydrogens is 264 g/mol. The van der Waals surface area contributed by atoms with E-state index in [9.17, 15) is 0 Å². The molecule has 5 nitrogen and oxygen atoms in total. The zero-order valence-corrected chi connectivity index (χ0v) is 13.3. The highest BCUT2D eigenvalue weighted by Crippen LogP contribution is 2.19. The minimum Gasteiger partial charge on any atom is -0.444 e. The predicted octanol–water partition coefficient (Wildman–Crippen LogP) is 2.63. The van der Waals surface area contributed by atoms with E-state index in [1.165, 1.54) is 5.56 Å². The Morgan fingerprint density at radius 1 is 1.10 bits per heavy atom. The first kappa shape index (κ1) is 15.1. The molecule has 0 aliphatic rings. The Bertz CT molecular complexity index is 601. The van der Waals surface area contributed by atoms with Crippen molar-refractivity contribution in [2.45, 2.75) is 13.5 Å². The lowest BCUT2D eigenvalue weighted by molar-refractivity contribution is 0.479. The van der Waals surface area contributed by atoms with E-state index in [-0.39, 0.29) is 0 Å². The van der Waals surface area contributed by atoms with Crippen molar-refractivity contribution >= 4 is 5.96 Å². The van der Waals surface area contributed by atoms with E-state index in [2.05, 4.69) is 16.9 Å². The fourth-order valence-electron chi connectivity index (χ4n) is 2.04. The summed E-state index contributed by atoms with van der Waals surface area (Å²) in [6.07, 6.45) is 1.67. The van der Waals surface area contributed by atoms with Gasteiger partial charge in [0.2, 0.25) is 5.89 Å². The summed E-state index contributed by atoms with van der Waals surface area (Å²) in [6, 6.07) is 8.12. The minimum atomic E-state index is 0.501. The summed E-state index contributed by atoms with van der Waals surface area (Å²) in [4.78, 5) is 13.0. The van der Waals surface area contributed by atoms with Gasteiger partial charge in [0.1, 0.15) is 12.0 Å². The Labute approximate surface area is 125 Å². The number of oxazole rings is 1. The number of aliphatic imine (C=N–C) groups is 1. The number of benzene rings is 1. The van der Waals surface area contributed by atoms with Crippen LogP contribution in [0.4, 0.5) is 0 Å². The van der Waals surface area contributed by atoms with Crippen molar-refractivity contribution in [3.63, 3.8) is 0 Å². The minimum absolute atomic E-state index is 0.501. The number of nitrogens with zero attached hydrogens (tertiary/aromatic N) is 4. The maximum absolute atomic E-state index is 5.54. The van der Waals surface area contributed by atoms with Crippen molar-refractivity contribution in [1.29, 1.82) is 0 Å². The third-order valence-corrected chi connectivity index (χ3v) is 3.03. The zero-order valence-electron chi connectivity index (χ0n) is 13.3. The predicted molar refractivity (Wildman–Crippen MR) is 85.2 cm³/mol. The molecule has 2 aromatic rings. The molecule has 5 heteroatoms. The first-order chi connectivity index (χ1) is 9.97. The molecule has 1 aromatic carbocycles. The van der Waals surface area contributed by atoms with Gasteiger partial charge >= 0.3 is 0 Å². The highest BCUT2D eigenvalue weighted by Gasteiger charge is 2.08. The molecule has 1 heterocycles. The van der Waals surface area contributed by atoms with Crippen LogP contribution in [-0.2, 0) is 6.54 Å². The van der Waals surface area contributed by atoms with Gasteiger partial charge in [-0.25, -0.2) is 9.98 Å². The van der Waals surface area contributed by atoms with Gasteiger partial charge in [-0.1, -0.05) is 17.7 Å². The monoisotopic (exact) mass is 286 g/mol. The average molecular weight is 286 g/mol. The molecule has 1 aromatic heterocycles. The summed E-state index contributed by atoms with van der Waals surface area (Å²) in [5.74, 6) is 1.53. The maximum Gasteiger partial charge on any atom is 0.226 e. The highest BCUT2D eigenvalue weighted by atomic mass is 16.3. The molecule has 0 aliphatic carbocycles. The zero-order chi connectivity index (χ0) is 15.4. The van der Waals surface area contributed by atoms with E-state index in [1.54, 1.807) is 6.26 Å². The number of aromatic nitrogens is 1. The SMILES string of the molecule is Cc1ccc(-c2nc(CN=C(N(C)C)N(C)C)co2)cc1. The molecule has 0 amide bonds. The van der Waals surface area contributed by atoms with Crippen LogP contribution in [0.5, 0.6) is 0 Å². The van der Waals surface area contributed by atoms with Crippen LogP contribution in [0.2, 0.25) is 0 Å². The van der Waals surface area contributed by atoms with E-state index in [1.807, 2.05) is 62.3 Å². The first-order valence-corrected chi connectivity index (χ1v) is 6.88. The van der Waals surface area contributed by atoms with E-state index < -0.39 is 0 Å². The fourth-order valence-corrected chi connectivity index (χ4v) is 2.04. The molecule has 112 valence electrons. The van der Waals surface area contributed by atoms with E-state index in [4.69, 9.17) is 4.42 Å². The summed E-state index contributed by atoms with van der Waals surface area (Å²) in [5, 5.41) is 0. The number of guanidine groups is 1. The van der Waals surface area contributed by atoms with Gasteiger partial charge in [0.25, 0.3) is 0 Å². The van der Waals surface area contributed by atoms with Crippen molar-refractivity contribution in [3.8, 4) is 11.5 Å². The molecule has 0 saturated heterocycles. The lowest BCUT2D eigenvalue weighted by atomic mass is 10.1. The summed E-state index contributed by atoms with van der Waals surface area (Å²) in [6.45, 7) is 2.56. The second-order valence-corrected chi connectivity index (χ2v) is 5.42. The quantitative estimate of drug-likeness (QED) is 0.643. The van der Waals surface area contributed by atoms with Crippen LogP contribution in [0.1, 0.15) is 11.3 Å². The number of hydrogen-bond donors (Lipinski definition) is 0. The largest absolute Gasteiger partial charge is 0.444 e. The molecule has 0 bridgehead atoms. The van der Waals surface area contributed by atoms with Gasteiger partial charge in [-0.2, -0.15) is 0 Å². The Balaban J connectivity index is 2.13. The molecule has 0 atom stereocenters. The van der Waals surface area contributed by atoms with Crippen molar-refractivity contribution in [1.82, 2.24) is 14.8 Å². The van der Waals surface area contributed by atoms with Crippen LogP contribution in [0.15, 0.2) is 39.9 Å². The molecule has 0 fully saturated rings. The van der Waals surface area contributed by atoms with Crippen LogP contribution in [0, 0.1) is 6.92 Å². The second-order valence-electron chi connectivity index (χ2n) is 5.42. The number of aryl methyl sites for hydroxylation is 1. The molecule has 0 N–H and O–H groups in total. The molecule has 0 radical (unpaired) electrons. The summed E-state index contributed by atoms with van der Waals surface area (Å²) in [5.41, 5.74) is 3.03. The Morgan fingerprint density at radius 2 is 1.71 bits per heavy atom. The molecular formula is C16H22N4O. The normalized spacial score (nSPS) is 10.3. The highest BCUT2D eigenvalue weighted by molar-refractivity contribution is 5.79. The van der Waals surface area contributed by atoms with Gasteiger partial charge in [-0.05, 0) is 19.1 Å². The Hall–Kier alpha value is -2.30. The van der Waals surface area contributed by atoms with E-state index in [0.717, 1.165) is 17.2 Å². The first-order valence-electron chi connectivity index (χ1n) is 6.88. The Morgan fingerprint density at radius 3 is 2.29 bits per heavy atom. The van der Waals surface area contributed by atoms with Gasteiger partial charge in [0.05, 0.1) is 6.54 Å².